The number of fused-ring (bicyclic) bond motifs is 5. The average Bonchev–Trinajstić information content (AvgIpc) is 3.28. The van der Waals surface area contributed by atoms with Crippen molar-refractivity contribution in [1.29, 1.82) is 0 Å². The number of amides is 1. The fourth-order valence-corrected chi connectivity index (χ4v) is 5.27. The molecule has 1 aromatic heterocycles. The van der Waals surface area contributed by atoms with Crippen LogP contribution in [0.1, 0.15) is 78.6 Å². The van der Waals surface area contributed by atoms with E-state index in [2.05, 4.69) is 17.3 Å². The van der Waals surface area contributed by atoms with Crippen molar-refractivity contribution in [3.8, 4) is 0 Å². The Morgan fingerprint density at radius 3 is 2.93 bits per heavy atom. The van der Waals surface area contributed by atoms with Gasteiger partial charge in [0, 0.05) is 13.2 Å². The molecule has 2 aromatic rings. The lowest BCUT2D eigenvalue weighted by Crippen LogP contribution is -2.47. The van der Waals surface area contributed by atoms with E-state index in [9.17, 15) is 18.0 Å². The van der Waals surface area contributed by atoms with Crippen molar-refractivity contribution in [3.05, 3.63) is 52.6 Å². The summed E-state index contributed by atoms with van der Waals surface area (Å²) < 4.78 is 41.8. The molecule has 1 amide bonds. The Morgan fingerprint density at radius 2 is 2.21 bits per heavy atom. The molecule has 150 valence electrons. The van der Waals surface area contributed by atoms with E-state index in [1.165, 1.54) is 24.0 Å². The fourth-order valence-electron chi connectivity index (χ4n) is 5.27. The maximum Gasteiger partial charge on any atom is 0.282 e. The number of hydrogen-bond acceptors (Lipinski definition) is 2. The lowest BCUT2D eigenvalue weighted by Gasteiger charge is -2.34. The molecule has 4 nitrogen and oxygen atoms in total. The third-order valence-electron chi connectivity index (χ3n) is 6.38. The first-order valence-electron chi connectivity index (χ1n) is 9.81. The fraction of sp³-hybridized carbons (Fsp3) is 0.524. The lowest BCUT2D eigenvalue weighted by molar-refractivity contribution is 0.0855. The Kier molecular flexibility index (Phi) is 4.71. The SMILES string of the molecule is CCCCC1C2CC[C@]1(NC(=O)c1cn(C)nc1C(F)F)c1ccc(F)cc12. The molecule has 1 N–H and O–H groups in total. The summed E-state index contributed by atoms with van der Waals surface area (Å²) in [5.74, 6) is -0.474. The first-order chi connectivity index (χ1) is 13.4. The minimum atomic E-state index is -2.82. The summed E-state index contributed by atoms with van der Waals surface area (Å²) in [5, 5.41) is 6.84. The van der Waals surface area contributed by atoms with Crippen molar-refractivity contribution in [1.82, 2.24) is 15.1 Å². The molecule has 1 fully saturated rings. The smallest absolute Gasteiger partial charge is 0.282 e. The molecule has 2 unspecified atom stereocenters. The Bertz CT molecular complexity index is 910. The Morgan fingerprint density at radius 1 is 1.43 bits per heavy atom. The van der Waals surface area contributed by atoms with Crippen LogP contribution in [0, 0.1) is 11.7 Å². The van der Waals surface area contributed by atoms with Gasteiger partial charge in [-0.05, 0) is 54.4 Å². The minimum absolute atomic E-state index is 0.0971. The highest BCUT2D eigenvalue weighted by Crippen LogP contribution is 2.61. The number of hydrogen-bond donors (Lipinski definition) is 1. The summed E-state index contributed by atoms with van der Waals surface area (Å²) in [6, 6.07) is 4.74. The van der Waals surface area contributed by atoms with Gasteiger partial charge in [0.2, 0.25) is 0 Å². The summed E-state index contributed by atoms with van der Waals surface area (Å²) in [5.41, 5.74) is 0.651. The summed E-state index contributed by atoms with van der Waals surface area (Å²) >= 11 is 0. The summed E-state index contributed by atoms with van der Waals surface area (Å²) in [7, 11) is 1.52. The van der Waals surface area contributed by atoms with Crippen molar-refractivity contribution in [3.63, 3.8) is 0 Å². The lowest BCUT2D eigenvalue weighted by atomic mass is 9.81. The number of alkyl halides is 2. The Hall–Kier alpha value is -2.31. The molecule has 3 atom stereocenters. The van der Waals surface area contributed by atoms with Crippen LogP contribution in [0.4, 0.5) is 13.2 Å². The third-order valence-corrected chi connectivity index (χ3v) is 6.38. The van der Waals surface area contributed by atoms with Gasteiger partial charge in [0.05, 0.1) is 11.1 Å². The van der Waals surface area contributed by atoms with Crippen LogP contribution in [0.5, 0.6) is 0 Å². The quantitative estimate of drug-likeness (QED) is 0.767. The van der Waals surface area contributed by atoms with Gasteiger partial charge in [-0.3, -0.25) is 9.48 Å². The maximum absolute atomic E-state index is 13.9. The van der Waals surface area contributed by atoms with Crippen LogP contribution in [0.3, 0.4) is 0 Å². The average molecular weight is 391 g/mol. The summed E-state index contributed by atoms with van der Waals surface area (Å²) in [6.45, 7) is 2.11. The van der Waals surface area contributed by atoms with Gasteiger partial charge in [-0.1, -0.05) is 25.8 Å². The molecule has 0 radical (unpaired) electrons. The highest BCUT2D eigenvalue weighted by molar-refractivity contribution is 5.96. The summed E-state index contributed by atoms with van der Waals surface area (Å²) in [4.78, 5) is 13.0. The first kappa shape index (κ1) is 19.0. The van der Waals surface area contributed by atoms with Gasteiger partial charge < -0.3 is 5.32 Å². The number of nitrogens with zero attached hydrogens (tertiary/aromatic N) is 2. The standard InChI is InChI=1S/C21H24F3N3O/c1-3-4-5-16-13-8-9-21(16,17-7-6-12(22)10-14(13)17)25-20(28)15-11-27(2)26-18(15)19(23)24/h6-7,10-11,13,16,19H,3-5,8-9H2,1-2H3,(H,25,28)/t13?,16?,21-/m1/s1. The van der Waals surface area contributed by atoms with Gasteiger partial charge in [0.1, 0.15) is 11.5 Å². The summed E-state index contributed by atoms with van der Waals surface area (Å²) in [6.07, 6.45) is 3.05. The minimum Gasteiger partial charge on any atom is -0.342 e. The molecular weight excluding hydrogens is 367 g/mol. The number of benzene rings is 1. The van der Waals surface area contributed by atoms with Crippen LogP contribution in [0.2, 0.25) is 0 Å². The zero-order valence-electron chi connectivity index (χ0n) is 16.0. The number of rotatable bonds is 6. The Labute approximate surface area is 162 Å². The molecule has 0 spiro atoms. The van der Waals surface area contributed by atoms with E-state index in [0.29, 0.717) is 0 Å². The van der Waals surface area contributed by atoms with Crippen LogP contribution in [-0.2, 0) is 12.6 Å². The van der Waals surface area contributed by atoms with E-state index in [-0.39, 0.29) is 23.2 Å². The van der Waals surface area contributed by atoms with Gasteiger partial charge in [-0.2, -0.15) is 5.10 Å². The van der Waals surface area contributed by atoms with Crippen molar-refractivity contribution in [2.75, 3.05) is 0 Å². The molecule has 2 aliphatic rings. The number of aryl methyl sites for hydroxylation is 1. The van der Waals surface area contributed by atoms with E-state index < -0.39 is 23.6 Å². The van der Waals surface area contributed by atoms with E-state index in [4.69, 9.17) is 0 Å². The predicted molar refractivity (Wildman–Crippen MR) is 98.7 cm³/mol. The zero-order valence-corrected chi connectivity index (χ0v) is 16.0. The van der Waals surface area contributed by atoms with Gasteiger partial charge >= 0.3 is 0 Å². The highest BCUT2D eigenvalue weighted by Gasteiger charge is 2.57. The van der Waals surface area contributed by atoms with Crippen molar-refractivity contribution >= 4 is 5.91 Å². The van der Waals surface area contributed by atoms with Gasteiger partial charge in [0.15, 0.2) is 0 Å². The molecule has 1 heterocycles. The molecule has 2 aliphatic carbocycles. The first-order valence-corrected chi connectivity index (χ1v) is 9.81. The normalized spacial score (nSPS) is 25.4. The van der Waals surface area contributed by atoms with Crippen molar-refractivity contribution in [2.45, 2.75) is 56.9 Å². The van der Waals surface area contributed by atoms with E-state index in [1.807, 2.05) is 0 Å². The van der Waals surface area contributed by atoms with Crippen molar-refractivity contribution in [2.24, 2.45) is 13.0 Å². The van der Waals surface area contributed by atoms with Crippen LogP contribution in [-0.4, -0.2) is 15.7 Å². The van der Waals surface area contributed by atoms with Crippen LogP contribution in [0.15, 0.2) is 24.4 Å². The Balaban J connectivity index is 1.73. The second-order valence-electron chi connectivity index (χ2n) is 7.95. The van der Waals surface area contributed by atoms with Crippen LogP contribution in [0.25, 0.3) is 0 Å². The molecule has 0 aliphatic heterocycles. The van der Waals surface area contributed by atoms with Gasteiger partial charge in [-0.15, -0.1) is 0 Å². The topological polar surface area (TPSA) is 46.9 Å². The molecule has 2 bridgehead atoms. The molecule has 28 heavy (non-hydrogen) atoms. The number of aromatic nitrogens is 2. The molecule has 4 rings (SSSR count). The molecular formula is C21H24F3N3O. The molecule has 0 saturated heterocycles. The number of carbonyl (C=O) groups is 1. The number of carbonyl (C=O) groups excluding carboxylic acids is 1. The van der Waals surface area contributed by atoms with Gasteiger partial charge in [-0.25, -0.2) is 13.2 Å². The van der Waals surface area contributed by atoms with Crippen LogP contribution < -0.4 is 5.32 Å². The molecule has 1 saturated carbocycles. The monoisotopic (exact) mass is 391 g/mol. The number of nitrogens with one attached hydrogen (secondary N) is 1. The number of halogens is 3. The van der Waals surface area contributed by atoms with E-state index in [1.54, 1.807) is 12.1 Å². The molecule has 1 aromatic carbocycles. The predicted octanol–water partition coefficient (Wildman–Crippen LogP) is 4.82. The van der Waals surface area contributed by atoms with Crippen molar-refractivity contribution < 1.29 is 18.0 Å². The second kappa shape index (κ2) is 6.94. The van der Waals surface area contributed by atoms with Crippen LogP contribution >= 0.6 is 0 Å². The second-order valence-corrected chi connectivity index (χ2v) is 7.95. The van der Waals surface area contributed by atoms with Gasteiger partial charge in [0.25, 0.3) is 12.3 Å². The third kappa shape index (κ3) is 2.83. The molecule has 7 heteroatoms. The maximum atomic E-state index is 13.9. The van der Waals surface area contributed by atoms with E-state index >= 15 is 0 Å². The largest absolute Gasteiger partial charge is 0.342 e. The van der Waals surface area contributed by atoms with E-state index in [0.717, 1.165) is 43.2 Å². The highest BCUT2D eigenvalue weighted by atomic mass is 19.3. The zero-order chi connectivity index (χ0) is 20.1. The number of unbranched alkanes of at least 4 members (excludes halogenated alkanes) is 1.